The van der Waals surface area contributed by atoms with Gasteiger partial charge in [0.05, 0.1) is 0 Å². The fourth-order valence-electron chi connectivity index (χ4n) is 2.19. The van der Waals surface area contributed by atoms with Crippen LogP contribution in [0.3, 0.4) is 0 Å². The number of carbonyl (C=O) groups excluding carboxylic acids is 2. The molecule has 20 heavy (non-hydrogen) atoms. The number of carbonyl (C=O) groups is 2. The summed E-state index contributed by atoms with van der Waals surface area (Å²) in [7, 11) is 0. The minimum absolute atomic E-state index is 0.168. The van der Waals surface area contributed by atoms with E-state index in [-0.39, 0.29) is 31.3 Å². The van der Waals surface area contributed by atoms with Crippen molar-refractivity contribution in [2.24, 2.45) is 0 Å². The third kappa shape index (κ3) is 3.12. The Labute approximate surface area is 115 Å². The molecule has 108 valence electrons. The largest absolute Gasteiger partial charge is 0.344 e. The third-order valence-electron chi connectivity index (χ3n) is 3.32. The maximum absolute atomic E-state index is 13.2. The van der Waals surface area contributed by atoms with Crippen LogP contribution in [0.25, 0.3) is 0 Å². The lowest BCUT2D eigenvalue weighted by Gasteiger charge is -2.23. The summed E-state index contributed by atoms with van der Waals surface area (Å²) >= 11 is 0. The van der Waals surface area contributed by atoms with E-state index in [9.17, 15) is 18.4 Å². The standard InChI is InChI=1S/C14H16F2N2O2/c1-2-12-14(20)18(6-5-13(19)17-12)8-9-3-4-10(15)11(16)7-9/h3-4,7,12H,2,5-6,8H2,1H3,(H,17,19). The van der Waals surface area contributed by atoms with E-state index in [1.165, 1.54) is 11.0 Å². The monoisotopic (exact) mass is 282 g/mol. The third-order valence-corrected chi connectivity index (χ3v) is 3.32. The quantitative estimate of drug-likeness (QED) is 0.915. The second-order valence-electron chi connectivity index (χ2n) is 4.79. The van der Waals surface area contributed by atoms with Crippen molar-refractivity contribution in [1.29, 1.82) is 0 Å². The van der Waals surface area contributed by atoms with Crippen LogP contribution < -0.4 is 5.32 Å². The summed E-state index contributed by atoms with van der Waals surface area (Å²) in [5, 5.41) is 2.65. The molecule has 1 aromatic carbocycles. The Kier molecular flexibility index (Phi) is 4.32. The van der Waals surface area contributed by atoms with Crippen molar-refractivity contribution < 1.29 is 18.4 Å². The van der Waals surface area contributed by atoms with Crippen LogP contribution in [0.1, 0.15) is 25.3 Å². The van der Waals surface area contributed by atoms with Gasteiger partial charge in [0.2, 0.25) is 11.8 Å². The Morgan fingerprint density at radius 2 is 2.05 bits per heavy atom. The van der Waals surface area contributed by atoms with E-state index in [2.05, 4.69) is 5.32 Å². The first-order valence-corrected chi connectivity index (χ1v) is 6.53. The molecule has 0 saturated carbocycles. The zero-order valence-corrected chi connectivity index (χ0v) is 11.2. The SMILES string of the molecule is CCC1NC(=O)CCN(Cc2ccc(F)c(F)c2)C1=O. The summed E-state index contributed by atoms with van der Waals surface area (Å²) in [5.74, 6) is -2.22. The van der Waals surface area contributed by atoms with Gasteiger partial charge in [-0.15, -0.1) is 0 Å². The number of rotatable bonds is 3. The topological polar surface area (TPSA) is 49.4 Å². The first-order valence-electron chi connectivity index (χ1n) is 6.53. The molecule has 6 heteroatoms. The van der Waals surface area contributed by atoms with Crippen LogP contribution in [0.5, 0.6) is 0 Å². The lowest BCUT2D eigenvalue weighted by atomic mass is 10.1. The van der Waals surface area contributed by atoms with Gasteiger partial charge < -0.3 is 10.2 Å². The zero-order chi connectivity index (χ0) is 14.7. The first-order chi connectivity index (χ1) is 9.51. The molecule has 1 heterocycles. The highest BCUT2D eigenvalue weighted by Crippen LogP contribution is 2.14. The van der Waals surface area contributed by atoms with Gasteiger partial charge in [-0.2, -0.15) is 0 Å². The molecule has 1 fully saturated rings. The molecule has 0 aliphatic carbocycles. The van der Waals surface area contributed by atoms with Gasteiger partial charge in [0.15, 0.2) is 11.6 Å². The van der Waals surface area contributed by atoms with Crippen molar-refractivity contribution in [3.05, 3.63) is 35.4 Å². The fraction of sp³-hybridized carbons (Fsp3) is 0.429. The highest BCUT2D eigenvalue weighted by molar-refractivity contribution is 5.89. The first kappa shape index (κ1) is 14.4. The van der Waals surface area contributed by atoms with Gasteiger partial charge in [-0.3, -0.25) is 9.59 Å². The van der Waals surface area contributed by atoms with Crippen LogP contribution >= 0.6 is 0 Å². The zero-order valence-electron chi connectivity index (χ0n) is 11.2. The fourth-order valence-corrected chi connectivity index (χ4v) is 2.19. The number of hydrogen-bond donors (Lipinski definition) is 1. The maximum atomic E-state index is 13.2. The Bertz CT molecular complexity index is 534. The molecule has 0 spiro atoms. The smallest absolute Gasteiger partial charge is 0.245 e. The molecule has 0 bridgehead atoms. The summed E-state index contributed by atoms with van der Waals surface area (Å²) in [6.07, 6.45) is 0.713. The predicted octanol–water partition coefficient (Wildman–Crippen LogP) is 1.59. The van der Waals surface area contributed by atoms with Crippen molar-refractivity contribution in [3.63, 3.8) is 0 Å². The number of benzene rings is 1. The lowest BCUT2D eigenvalue weighted by molar-refractivity contribution is -0.134. The molecule has 2 amide bonds. The molecule has 1 atom stereocenters. The van der Waals surface area contributed by atoms with Crippen molar-refractivity contribution in [3.8, 4) is 0 Å². The van der Waals surface area contributed by atoms with Crippen LogP contribution in [0.4, 0.5) is 8.78 Å². The molecule has 1 saturated heterocycles. The molecule has 1 unspecified atom stereocenters. The highest BCUT2D eigenvalue weighted by atomic mass is 19.2. The Morgan fingerprint density at radius 3 is 2.70 bits per heavy atom. The van der Waals surface area contributed by atoms with E-state index < -0.39 is 17.7 Å². The van der Waals surface area contributed by atoms with E-state index >= 15 is 0 Å². The Balaban J connectivity index is 2.15. The predicted molar refractivity (Wildman–Crippen MR) is 68.6 cm³/mol. The molecule has 0 radical (unpaired) electrons. The highest BCUT2D eigenvalue weighted by Gasteiger charge is 2.28. The lowest BCUT2D eigenvalue weighted by Crippen LogP contribution is -2.43. The molecule has 0 aromatic heterocycles. The van der Waals surface area contributed by atoms with Crippen LogP contribution in [-0.4, -0.2) is 29.3 Å². The second-order valence-corrected chi connectivity index (χ2v) is 4.79. The molecule has 4 nitrogen and oxygen atoms in total. The van der Waals surface area contributed by atoms with Crippen LogP contribution in [0.15, 0.2) is 18.2 Å². The summed E-state index contributed by atoms with van der Waals surface area (Å²) in [6, 6.07) is 3.00. The van der Waals surface area contributed by atoms with Gasteiger partial charge in [-0.1, -0.05) is 13.0 Å². The summed E-state index contributed by atoms with van der Waals surface area (Å²) in [4.78, 5) is 25.2. The molecular weight excluding hydrogens is 266 g/mol. The van der Waals surface area contributed by atoms with Crippen LogP contribution in [0, 0.1) is 11.6 Å². The van der Waals surface area contributed by atoms with E-state index in [0.29, 0.717) is 12.0 Å². The Morgan fingerprint density at radius 1 is 1.30 bits per heavy atom. The van der Waals surface area contributed by atoms with E-state index in [0.717, 1.165) is 12.1 Å². The van der Waals surface area contributed by atoms with E-state index in [1.807, 2.05) is 6.92 Å². The number of hydrogen-bond acceptors (Lipinski definition) is 2. The average molecular weight is 282 g/mol. The minimum atomic E-state index is -0.939. The normalized spacial score (nSPS) is 19.8. The Hall–Kier alpha value is -1.98. The van der Waals surface area contributed by atoms with Gasteiger partial charge in [0, 0.05) is 19.5 Å². The molecule has 1 N–H and O–H groups in total. The van der Waals surface area contributed by atoms with Crippen LogP contribution in [0.2, 0.25) is 0 Å². The average Bonchev–Trinajstić information content (AvgIpc) is 2.55. The summed E-state index contributed by atoms with van der Waals surface area (Å²) in [6.45, 7) is 2.26. The number of nitrogens with one attached hydrogen (secondary N) is 1. The van der Waals surface area contributed by atoms with Gasteiger partial charge in [-0.25, -0.2) is 8.78 Å². The number of nitrogens with zero attached hydrogens (tertiary/aromatic N) is 1. The van der Waals surface area contributed by atoms with Crippen molar-refractivity contribution in [2.75, 3.05) is 6.54 Å². The second kappa shape index (κ2) is 5.98. The molecular formula is C14H16F2N2O2. The summed E-state index contributed by atoms with van der Waals surface area (Å²) in [5.41, 5.74) is 0.501. The van der Waals surface area contributed by atoms with Crippen LogP contribution in [-0.2, 0) is 16.1 Å². The number of halogens is 2. The van der Waals surface area contributed by atoms with Crippen molar-refractivity contribution in [1.82, 2.24) is 10.2 Å². The maximum Gasteiger partial charge on any atom is 0.245 e. The minimum Gasteiger partial charge on any atom is -0.344 e. The summed E-state index contributed by atoms with van der Waals surface area (Å²) < 4.78 is 26.0. The van der Waals surface area contributed by atoms with Crippen molar-refractivity contribution >= 4 is 11.8 Å². The van der Waals surface area contributed by atoms with Gasteiger partial charge in [0.25, 0.3) is 0 Å². The van der Waals surface area contributed by atoms with E-state index in [4.69, 9.17) is 0 Å². The van der Waals surface area contributed by atoms with Gasteiger partial charge >= 0.3 is 0 Å². The van der Waals surface area contributed by atoms with Crippen molar-refractivity contribution in [2.45, 2.75) is 32.4 Å². The molecule has 1 aliphatic heterocycles. The van der Waals surface area contributed by atoms with Gasteiger partial charge in [0.1, 0.15) is 6.04 Å². The van der Waals surface area contributed by atoms with E-state index in [1.54, 1.807) is 0 Å². The van der Waals surface area contributed by atoms with Gasteiger partial charge in [-0.05, 0) is 24.1 Å². The molecule has 1 aliphatic rings. The number of amides is 2. The molecule has 2 rings (SSSR count). The molecule has 1 aromatic rings.